The van der Waals surface area contributed by atoms with Crippen molar-refractivity contribution in [3.05, 3.63) is 70.4 Å². The van der Waals surface area contributed by atoms with Crippen LogP contribution in [0.4, 0.5) is 0 Å². The molecule has 0 radical (unpaired) electrons. The van der Waals surface area contributed by atoms with Gasteiger partial charge in [-0.05, 0) is 52.1 Å². The highest BCUT2D eigenvalue weighted by Crippen LogP contribution is 2.22. The summed E-state index contributed by atoms with van der Waals surface area (Å²) < 4.78 is 10.2. The lowest BCUT2D eigenvalue weighted by Crippen LogP contribution is -2.27. The first-order valence-electron chi connectivity index (χ1n) is 8.36. The van der Waals surface area contributed by atoms with Gasteiger partial charge in [0.05, 0.1) is 13.7 Å². The molecule has 5 nitrogen and oxygen atoms in total. The van der Waals surface area contributed by atoms with Crippen molar-refractivity contribution in [2.75, 3.05) is 13.7 Å². The zero-order valence-corrected chi connectivity index (χ0v) is 15.6. The van der Waals surface area contributed by atoms with Gasteiger partial charge in [0.2, 0.25) is 0 Å². The molecule has 0 bridgehead atoms. The van der Waals surface area contributed by atoms with Crippen LogP contribution in [-0.4, -0.2) is 25.6 Å². The molecule has 1 N–H and O–H groups in total. The number of benzene rings is 2. The molecule has 138 valence electrons. The van der Waals surface area contributed by atoms with Crippen LogP contribution in [0, 0.1) is 0 Å². The van der Waals surface area contributed by atoms with Crippen LogP contribution in [-0.2, 0) is 20.9 Å². The molecule has 1 amide bonds. The standard InChI is InChI=1S/C21H19NO4S/c1-25-18-8-7-16-11-15(4-6-17(16)12-18)5-9-21(24)26-14-20(23)22-13-19-3-2-10-27-19/h2-12H,13-14H2,1H3,(H,22,23)/b9-5+. The molecule has 1 heterocycles. The Morgan fingerprint density at radius 1 is 1.11 bits per heavy atom. The van der Waals surface area contributed by atoms with Gasteiger partial charge < -0.3 is 14.8 Å². The Morgan fingerprint density at radius 2 is 1.93 bits per heavy atom. The summed E-state index contributed by atoms with van der Waals surface area (Å²) >= 11 is 1.56. The number of ether oxygens (including phenoxy) is 2. The Kier molecular flexibility index (Phi) is 6.22. The summed E-state index contributed by atoms with van der Waals surface area (Å²) in [5.74, 6) is -0.0902. The molecule has 1 aromatic heterocycles. The molecule has 0 saturated carbocycles. The molecular formula is C21H19NO4S. The first-order valence-corrected chi connectivity index (χ1v) is 9.24. The minimum Gasteiger partial charge on any atom is -0.497 e. The fourth-order valence-electron chi connectivity index (χ4n) is 2.47. The minimum atomic E-state index is -0.559. The third-order valence-electron chi connectivity index (χ3n) is 3.87. The molecule has 2 aromatic carbocycles. The highest BCUT2D eigenvalue weighted by atomic mass is 32.1. The Bertz CT molecular complexity index is 963. The predicted molar refractivity (Wildman–Crippen MR) is 107 cm³/mol. The average molecular weight is 381 g/mol. The average Bonchev–Trinajstić information content (AvgIpc) is 3.22. The number of rotatable bonds is 7. The summed E-state index contributed by atoms with van der Waals surface area (Å²) in [5.41, 5.74) is 0.867. The van der Waals surface area contributed by atoms with E-state index in [9.17, 15) is 9.59 Å². The molecule has 0 aliphatic rings. The summed E-state index contributed by atoms with van der Waals surface area (Å²) in [6.45, 7) is 0.137. The van der Waals surface area contributed by atoms with Crippen molar-refractivity contribution in [2.24, 2.45) is 0 Å². The molecular weight excluding hydrogens is 362 g/mol. The van der Waals surface area contributed by atoms with Crippen molar-refractivity contribution in [2.45, 2.75) is 6.54 Å². The Hall–Kier alpha value is -3.12. The second kappa shape index (κ2) is 9.00. The Morgan fingerprint density at radius 3 is 2.70 bits per heavy atom. The van der Waals surface area contributed by atoms with Gasteiger partial charge in [-0.25, -0.2) is 4.79 Å². The highest BCUT2D eigenvalue weighted by Gasteiger charge is 2.05. The van der Waals surface area contributed by atoms with Gasteiger partial charge >= 0.3 is 5.97 Å². The lowest BCUT2D eigenvalue weighted by atomic mass is 10.1. The van der Waals surface area contributed by atoms with Crippen molar-refractivity contribution in [1.82, 2.24) is 5.32 Å². The first kappa shape index (κ1) is 18.7. The van der Waals surface area contributed by atoms with E-state index in [0.29, 0.717) is 6.54 Å². The lowest BCUT2D eigenvalue weighted by Gasteiger charge is -2.04. The third kappa shape index (κ3) is 5.43. The van der Waals surface area contributed by atoms with Gasteiger partial charge in [0.1, 0.15) is 5.75 Å². The number of fused-ring (bicyclic) bond motifs is 1. The van der Waals surface area contributed by atoms with E-state index in [-0.39, 0.29) is 12.5 Å². The van der Waals surface area contributed by atoms with Gasteiger partial charge in [-0.1, -0.05) is 24.3 Å². The summed E-state index contributed by atoms with van der Waals surface area (Å²) in [6, 6.07) is 15.5. The topological polar surface area (TPSA) is 64.6 Å². The quantitative estimate of drug-likeness (QED) is 0.500. The summed E-state index contributed by atoms with van der Waals surface area (Å²) in [6.07, 6.45) is 2.98. The number of nitrogens with one attached hydrogen (secondary N) is 1. The van der Waals surface area contributed by atoms with Gasteiger partial charge in [-0.3, -0.25) is 4.79 Å². The largest absolute Gasteiger partial charge is 0.497 e. The Labute approximate surface area is 161 Å². The van der Waals surface area contributed by atoms with Crippen molar-refractivity contribution in [3.63, 3.8) is 0 Å². The van der Waals surface area contributed by atoms with E-state index in [0.717, 1.165) is 27.0 Å². The van der Waals surface area contributed by atoms with Gasteiger partial charge in [0.25, 0.3) is 5.91 Å². The van der Waals surface area contributed by atoms with E-state index in [2.05, 4.69) is 5.32 Å². The van der Waals surface area contributed by atoms with E-state index < -0.39 is 5.97 Å². The monoisotopic (exact) mass is 381 g/mol. The number of hydrogen-bond donors (Lipinski definition) is 1. The van der Waals surface area contributed by atoms with Crippen LogP contribution in [0.1, 0.15) is 10.4 Å². The highest BCUT2D eigenvalue weighted by molar-refractivity contribution is 7.09. The number of thiophene rings is 1. The predicted octanol–water partition coefficient (Wildman–Crippen LogP) is 3.78. The van der Waals surface area contributed by atoms with Crippen LogP contribution in [0.2, 0.25) is 0 Å². The maximum Gasteiger partial charge on any atom is 0.331 e. The molecule has 0 spiro atoms. The van der Waals surface area contributed by atoms with Crippen LogP contribution in [0.3, 0.4) is 0 Å². The summed E-state index contributed by atoms with van der Waals surface area (Å²) in [5, 5.41) is 6.74. The van der Waals surface area contributed by atoms with Crippen LogP contribution >= 0.6 is 11.3 Å². The van der Waals surface area contributed by atoms with Gasteiger partial charge in [0.15, 0.2) is 6.61 Å². The van der Waals surface area contributed by atoms with Gasteiger partial charge in [0, 0.05) is 11.0 Å². The zero-order valence-electron chi connectivity index (χ0n) is 14.8. The van der Waals surface area contributed by atoms with E-state index in [1.54, 1.807) is 24.5 Å². The third-order valence-corrected chi connectivity index (χ3v) is 4.75. The van der Waals surface area contributed by atoms with Crippen molar-refractivity contribution < 1.29 is 19.1 Å². The molecule has 0 aliphatic carbocycles. The lowest BCUT2D eigenvalue weighted by molar-refractivity contribution is -0.143. The fraction of sp³-hybridized carbons (Fsp3) is 0.143. The number of carbonyl (C=O) groups is 2. The van der Waals surface area contributed by atoms with Gasteiger partial charge in [-0.2, -0.15) is 0 Å². The molecule has 3 rings (SSSR count). The number of methoxy groups -OCH3 is 1. The molecule has 0 fully saturated rings. The second-order valence-electron chi connectivity index (χ2n) is 5.77. The number of amides is 1. The maximum absolute atomic E-state index is 11.8. The van der Waals surface area contributed by atoms with Crippen molar-refractivity contribution in [1.29, 1.82) is 0 Å². The minimum absolute atomic E-state index is 0.300. The fourth-order valence-corrected chi connectivity index (χ4v) is 3.12. The van der Waals surface area contributed by atoms with E-state index >= 15 is 0 Å². The molecule has 3 aromatic rings. The Balaban J connectivity index is 1.50. The smallest absolute Gasteiger partial charge is 0.331 e. The molecule has 0 saturated heterocycles. The van der Waals surface area contributed by atoms with Gasteiger partial charge in [-0.15, -0.1) is 11.3 Å². The number of esters is 1. The molecule has 6 heteroatoms. The molecule has 0 aliphatic heterocycles. The zero-order chi connectivity index (χ0) is 19.1. The summed E-state index contributed by atoms with van der Waals surface area (Å²) in [4.78, 5) is 24.5. The molecule has 27 heavy (non-hydrogen) atoms. The van der Waals surface area contributed by atoms with Crippen LogP contribution in [0.5, 0.6) is 5.75 Å². The van der Waals surface area contributed by atoms with Crippen molar-refractivity contribution >= 4 is 40.1 Å². The van der Waals surface area contributed by atoms with Crippen molar-refractivity contribution in [3.8, 4) is 5.75 Å². The van der Waals surface area contributed by atoms with E-state index in [4.69, 9.17) is 9.47 Å². The number of hydrogen-bond acceptors (Lipinski definition) is 5. The van der Waals surface area contributed by atoms with E-state index in [1.807, 2.05) is 53.9 Å². The maximum atomic E-state index is 11.8. The first-order chi connectivity index (χ1) is 13.1. The SMILES string of the molecule is COc1ccc2cc(/C=C/C(=O)OCC(=O)NCc3cccs3)ccc2c1. The molecule has 0 atom stereocenters. The van der Waals surface area contributed by atoms with E-state index in [1.165, 1.54) is 6.08 Å². The van der Waals surface area contributed by atoms with Crippen LogP contribution in [0.15, 0.2) is 60.0 Å². The van der Waals surface area contributed by atoms with Crippen LogP contribution < -0.4 is 10.1 Å². The number of carbonyl (C=O) groups excluding carboxylic acids is 2. The second-order valence-corrected chi connectivity index (χ2v) is 6.80. The molecule has 0 unspecified atom stereocenters. The normalized spacial score (nSPS) is 10.9. The summed E-state index contributed by atoms with van der Waals surface area (Å²) in [7, 11) is 1.63. The van der Waals surface area contributed by atoms with Crippen LogP contribution in [0.25, 0.3) is 16.8 Å².